The van der Waals surface area contributed by atoms with E-state index in [2.05, 4.69) is 42.1 Å². The molecule has 0 aliphatic carbocycles. The highest BCUT2D eigenvalue weighted by Gasteiger charge is 2.31. The zero-order chi connectivity index (χ0) is 14.2. The molecule has 1 aliphatic rings. The first kappa shape index (κ1) is 13.8. The molecule has 0 radical (unpaired) electrons. The van der Waals surface area contributed by atoms with Crippen LogP contribution in [0.1, 0.15) is 33.0 Å². The Hall–Kier alpha value is -1.20. The maximum absolute atomic E-state index is 5.93. The van der Waals surface area contributed by atoms with Crippen LogP contribution in [0, 0.1) is 0 Å². The lowest BCUT2D eigenvalue weighted by atomic mass is 10.0. The van der Waals surface area contributed by atoms with E-state index >= 15 is 0 Å². The Morgan fingerprint density at radius 1 is 1.40 bits per heavy atom. The van der Waals surface area contributed by atoms with E-state index in [1.807, 2.05) is 0 Å². The molecule has 3 rings (SSSR count). The topological polar surface area (TPSA) is 38.2 Å². The quantitative estimate of drug-likeness (QED) is 0.870. The third kappa shape index (κ3) is 2.40. The van der Waals surface area contributed by atoms with E-state index in [4.69, 9.17) is 9.72 Å². The molecule has 20 heavy (non-hydrogen) atoms. The molecular weight excluding hydrogens is 270 g/mol. The number of aromatic nitrogens is 2. The maximum atomic E-state index is 5.93. The largest absolute Gasteiger partial charge is 0.372 e. The van der Waals surface area contributed by atoms with Crippen molar-refractivity contribution >= 4 is 27.4 Å². The van der Waals surface area contributed by atoms with Gasteiger partial charge in [-0.25, -0.2) is 9.97 Å². The number of morpholine rings is 1. The van der Waals surface area contributed by atoms with Gasteiger partial charge in [0.1, 0.15) is 16.5 Å². The van der Waals surface area contributed by atoms with E-state index in [0.29, 0.717) is 0 Å². The first-order valence-electron chi connectivity index (χ1n) is 7.28. The Kier molecular flexibility index (Phi) is 3.65. The lowest BCUT2D eigenvalue weighted by Gasteiger charge is -2.40. The maximum Gasteiger partial charge on any atom is 0.141 e. The molecule has 4 nitrogen and oxygen atoms in total. The fraction of sp³-hybridized carbons (Fsp3) is 0.600. The number of thiophene rings is 1. The molecule has 5 heteroatoms. The van der Waals surface area contributed by atoms with Gasteiger partial charge in [0, 0.05) is 19.5 Å². The summed E-state index contributed by atoms with van der Waals surface area (Å²) in [5.41, 5.74) is -0.0715. The zero-order valence-corrected chi connectivity index (χ0v) is 13.2. The van der Waals surface area contributed by atoms with Gasteiger partial charge in [-0.1, -0.05) is 13.8 Å². The minimum atomic E-state index is -0.0715. The zero-order valence-electron chi connectivity index (χ0n) is 12.3. The van der Waals surface area contributed by atoms with Crippen molar-refractivity contribution in [3.63, 3.8) is 0 Å². The second-order valence-corrected chi connectivity index (χ2v) is 6.42. The summed E-state index contributed by atoms with van der Waals surface area (Å²) in [6.07, 6.45) is 1.89. The summed E-state index contributed by atoms with van der Waals surface area (Å²) in [5.74, 6) is 2.01. The molecule has 1 atom stereocenters. The van der Waals surface area contributed by atoms with Crippen molar-refractivity contribution in [2.24, 2.45) is 0 Å². The summed E-state index contributed by atoms with van der Waals surface area (Å²) < 4.78 is 5.93. The summed E-state index contributed by atoms with van der Waals surface area (Å²) in [5, 5.41) is 3.27. The van der Waals surface area contributed by atoms with Gasteiger partial charge in [0.2, 0.25) is 0 Å². The predicted molar refractivity (Wildman–Crippen MR) is 83.7 cm³/mol. The van der Waals surface area contributed by atoms with Gasteiger partial charge in [-0.05, 0) is 24.8 Å². The molecule has 1 fully saturated rings. The van der Waals surface area contributed by atoms with Crippen molar-refractivity contribution in [3.8, 4) is 0 Å². The highest BCUT2D eigenvalue weighted by molar-refractivity contribution is 7.16. The molecule has 1 unspecified atom stereocenters. The highest BCUT2D eigenvalue weighted by atomic mass is 32.1. The fourth-order valence-corrected chi connectivity index (χ4v) is 3.38. The Morgan fingerprint density at radius 3 is 3.00 bits per heavy atom. The summed E-state index contributed by atoms with van der Waals surface area (Å²) in [7, 11) is 0. The second-order valence-electron chi connectivity index (χ2n) is 5.53. The third-order valence-corrected chi connectivity index (χ3v) is 4.86. The van der Waals surface area contributed by atoms with Crippen molar-refractivity contribution < 1.29 is 4.74 Å². The van der Waals surface area contributed by atoms with Gasteiger partial charge >= 0.3 is 0 Å². The second kappa shape index (κ2) is 5.30. The van der Waals surface area contributed by atoms with Gasteiger partial charge in [-0.3, -0.25) is 0 Å². The molecule has 0 amide bonds. The van der Waals surface area contributed by atoms with E-state index in [-0.39, 0.29) is 5.60 Å². The number of anilines is 1. The average molecular weight is 291 g/mol. The smallest absolute Gasteiger partial charge is 0.141 e. The minimum Gasteiger partial charge on any atom is -0.372 e. The summed E-state index contributed by atoms with van der Waals surface area (Å²) >= 11 is 1.69. The van der Waals surface area contributed by atoms with Crippen LogP contribution in [-0.2, 0) is 11.2 Å². The number of hydrogen-bond acceptors (Lipinski definition) is 5. The van der Waals surface area contributed by atoms with Gasteiger partial charge in [-0.2, -0.15) is 0 Å². The Bertz CT molecular complexity index is 612. The lowest BCUT2D eigenvalue weighted by molar-refractivity contribution is -0.0442. The molecule has 1 saturated heterocycles. The SMILES string of the molecule is CCc1nc(N2CCOC(C)(CC)C2)c2ccsc2n1. The molecule has 0 saturated carbocycles. The van der Waals surface area contributed by atoms with E-state index in [9.17, 15) is 0 Å². The first-order chi connectivity index (χ1) is 9.65. The molecule has 2 aromatic rings. The monoisotopic (exact) mass is 291 g/mol. The van der Waals surface area contributed by atoms with Gasteiger partial charge < -0.3 is 9.64 Å². The minimum absolute atomic E-state index is 0.0715. The van der Waals surface area contributed by atoms with Crippen molar-refractivity contribution in [1.82, 2.24) is 9.97 Å². The molecule has 108 valence electrons. The number of rotatable bonds is 3. The van der Waals surface area contributed by atoms with Gasteiger partial charge in [0.15, 0.2) is 0 Å². The van der Waals surface area contributed by atoms with Crippen LogP contribution in [0.3, 0.4) is 0 Å². The van der Waals surface area contributed by atoms with Crippen LogP contribution >= 0.6 is 11.3 Å². The molecule has 0 spiro atoms. The number of ether oxygens (including phenoxy) is 1. The summed E-state index contributed by atoms with van der Waals surface area (Å²) in [4.78, 5) is 12.9. The van der Waals surface area contributed by atoms with Crippen molar-refractivity contribution in [1.29, 1.82) is 0 Å². The molecule has 3 heterocycles. The Morgan fingerprint density at radius 2 is 2.25 bits per heavy atom. The van der Waals surface area contributed by atoms with E-state index in [0.717, 1.165) is 49.0 Å². The summed E-state index contributed by atoms with van der Waals surface area (Å²) in [6, 6.07) is 2.13. The van der Waals surface area contributed by atoms with Crippen molar-refractivity contribution in [2.45, 2.75) is 39.2 Å². The highest BCUT2D eigenvalue weighted by Crippen LogP contribution is 2.31. The molecular formula is C15H21N3OS. The van der Waals surface area contributed by atoms with Crippen LogP contribution in [0.2, 0.25) is 0 Å². The van der Waals surface area contributed by atoms with Crippen LogP contribution in [0.15, 0.2) is 11.4 Å². The lowest BCUT2D eigenvalue weighted by Crippen LogP contribution is -2.50. The van der Waals surface area contributed by atoms with Gasteiger partial charge in [-0.15, -0.1) is 11.3 Å². The number of aryl methyl sites for hydroxylation is 1. The van der Waals surface area contributed by atoms with E-state index in [1.165, 1.54) is 5.39 Å². The molecule has 1 aliphatic heterocycles. The van der Waals surface area contributed by atoms with Crippen LogP contribution in [0.4, 0.5) is 5.82 Å². The average Bonchev–Trinajstić information content (AvgIpc) is 2.94. The molecule has 0 N–H and O–H groups in total. The van der Waals surface area contributed by atoms with Gasteiger partial charge in [0.25, 0.3) is 0 Å². The molecule has 2 aromatic heterocycles. The van der Waals surface area contributed by atoms with E-state index < -0.39 is 0 Å². The normalized spacial score (nSPS) is 23.4. The first-order valence-corrected chi connectivity index (χ1v) is 8.16. The third-order valence-electron chi connectivity index (χ3n) is 4.05. The van der Waals surface area contributed by atoms with Crippen LogP contribution in [-0.4, -0.2) is 35.3 Å². The number of fused-ring (bicyclic) bond motifs is 1. The van der Waals surface area contributed by atoms with Crippen molar-refractivity contribution in [2.75, 3.05) is 24.6 Å². The predicted octanol–water partition coefficient (Wildman–Crippen LogP) is 3.26. The number of hydrogen-bond donors (Lipinski definition) is 0. The standard InChI is InChI=1S/C15H21N3OS/c1-4-12-16-13(11-6-9-20-14(11)17-12)18-7-8-19-15(3,5-2)10-18/h6,9H,4-5,7-8,10H2,1-3H3. The Balaban J connectivity index is 2.02. The van der Waals surface area contributed by atoms with Gasteiger partial charge in [0.05, 0.1) is 17.6 Å². The van der Waals surface area contributed by atoms with E-state index in [1.54, 1.807) is 11.3 Å². The van der Waals surface area contributed by atoms with Crippen LogP contribution < -0.4 is 4.90 Å². The van der Waals surface area contributed by atoms with Crippen molar-refractivity contribution in [3.05, 3.63) is 17.3 Å². The van der Waals surface area contributed by atoms with Crippen LogP contribution in [0.25, 0.3) is 10.2 Å². The van der Waals surface area contributed by atoms with Crippen LogP contribution in [0.5, 0.6) is 0 Å². The fourth-order valence-electron chi connectivity index (χ4n) is 2.61. The molecule has 0 aromatic carbocycles. The Labute approximate surface area is 123 Å². The summed E-state index contributed by atoms with van der Waals surface area (Å²) in [6.45, 7) is 9.04. The molecule has 0 bridgehead atoms. The number of nitrogens with zero attached hydrogens (tertiary/aromatic N) is 3.